The third-order valence-electron chi connectivity index (χ3n) is 4.32. The Balaban J connectivity index is 1.96. The minimum Gasteiger partial charge on any atom is -0.292 e. The van der Waals surface area contributed by atoms with Gasteiger partial charge in [0.15, 0.2) is 0 Å². The van der Waals surface area contributed by atoms with Gasteiger partial charge in [0, 0.05) is 23.7 Å². The average Bonchev–Trinajstić information content (AvgIpc) is 2.86. The van der Waals surface area contributed by atoms with Crippen molar-refractivity contribution < 1.29 is 4.39 Å². The fourth-order valence-electron chi connectivity index (χ4n) is 3.25. The third-order valence-corrected chi connectivity index (χ3v) is 4.32. The molecule has 120 valence electrons. The molecule has 2 heterocycles. The molecule has 0 bridgehead atoms. The molecular weight excluding hydrogens is 305 g/mol. The van der Waals surface area contributed by atoms with Crippen molar-refractivity contribution in [3.05, 3.63) is 76.6 Å². The second-order valence-corrected chi connectivity index (χ2v) is 5.74. The van der Waals surface area contributed by atoms with Crippen molar-refractivity contribution in [1.29, 1.82) is 0 Å². The molecule has 0 unspecified atom stereocenters. The van der Waals surface area contributed by atoms with Crippen LogP contribution in [0, 0.1) is 5.82 Å². The van der Waals surface area contributed by atoms with E-state index >= 15 is 0 Å². The molecule has 2 aromatic carbocycles. The first kappa shape index (κ1) is 14.6. The van der Waals surface area contributed by atoms with E-state index in [0.717, 1.165) is 21.9 Å². The molecule has 0 aliphatic heterocycles. The summed E-state index contributed by atoms with van der Waals surface area (Å²) in [6, 6.07) is 14.2. The monoisotopic (exact) mass is 321 g/mol. The molecule has 0 aliphatic carbocycles. The Hall–Kier alpha value is -2.95. The molecule has 0 fully saturated rings. The van der Waals surface area contributed by atoms with Crippen LogP contribution in [0.2, 0.25) is 0 Å². The first-order chi connectivity index (χ1) is 11.7. The van der Waals surface area contributed by atoms with Gasteiger partial charge in [0.25, 0.3) is 0 Å². The lowest BCUT2D eigenvalue weighted by atomic mass is 10.1. The fourth-order valence-corrected chi connectivity index (χ4v) is 3.25. The van der Waals surface area contributed by atoms with E-state index in [1.165, 1.54) is 12.1 Å². The third kappa shape index (κ3) is 2.21. The second kappa shape index (κ2) is 5.60. The second-order valence-electron chi connectivity index (χ2n) is 5.74. The number of halogens is 1. The molecule has 0 N–H and O–H groups in total. The summed E-state index contributed by atoms with van der Waals surface area (Å²) in [5.41, 5.74) is 3.06. The van der Waals surface area contributed by atoms with E-state index < -0.39 is 0 Å². The molecule has 0 amide bonds. The van der Waals surface area contributed by atoms with Gasteiger partial charge in [-0.25, -0.2) is 9.18 Å². The molecule has 4 aromatic rings. The maximum atomic E-state index is 14.0. The van der Waals surface area contributed by atoms with E-state index in [-0.39, 0.29) is 18.1 Å². The lowest BCUT2D eigenvalue weighted by Gasteiger charge is -2.08. The maximum Gasteiger partial charge on any atom is 0.329 e. The lowest BCUT2D eigenvalue weighted by Crippen LogP contribution is -2.24. The zero-order chi connectivity index (χ0) is 16.7. The highest BCUT2D eigenvalue weighted by atomic mass is 19.1. The van der Waals surface area contributed by atoms with Crippen LogP contribution in [0.3, 0.4) is 0 Å². The van der Waals surface area contributed by atoms with Crippen molar-refractivity contribution in [3.8, 4) is 0 Å². The van der Waals surface area contributed by atoms with Crippen LogP contribution in [-0.4, -0.2) is 14.1 Å². The standard InChI is InChI=1S/C19H16FN3O/c1-2-22-16-7-3-4-8-17(16)23(19(22)24)12-14-11-15(20)10-13-6-5-9-21-18(13)14/h3-11H,2,12H2,1H3. The molecule has 0 radical (unpaired) electrons. The van der Waals surface area contributed by atoms with Gasteiger partial charge in [-0.2, -0.15) is 0 Å². The van der Waals surface area contributed by atoms with E-state index in [9.17, 15) is 9.18 Å². The molecule has 4 nitrogen and oxygen atoms in total. The van der Waals surface area contributed by atoms with Gasteiger partial charge in [-0.05, 0) is 37.3 Å². The topological polar surface area (TPSA) is 39.8 Å². The number of rotatable bonds is 3. The molecule has 4 rings (SSSR count). The summed E-state index contributed by atoms with van der Waals surface area (Å²) in [5.74, 6) is -0.322. The number of benzene rings is 2. The van der Waals surface area contributed by atoms with Crippen molar-refractivity contribution in [3.63, 3.8) is 0 Å². The number of fused-ring (bicyclic) bond motifs is 2. The van der Waals surface area contributed by atoms with Gasteiger partial charge >= 0.3 is 5.69 Å². The highest BCUT2D eigenvalue weighted by Gasteiger charge is 2.14. The number of para-hydroxylation sites is 2. The minimum absolute atomic E-state index is 0.0907. The predicted octanol–water partition coefficient (Wildman–Crippen LogP) is 3.56. The highest BCUT2D eigenvalue weighted by molar-refractivity contribution is 5.82. The lowest BCUT2D eigenvalue weighted by molar-refractivity contribution is 0.624. The summed E-state index contributed by atoms with van der Waals surface area (Å²) >= 11 is 0. The van der Waals surface area contributed by atoms with Gasteiger partial charge in [0.05, 0.1) is 23.1 Å². The Bertz CT molecular complexity index is 1110. The first-order valence-corrected chi connectivity index (χ1v) is 7.90. The smallest absolute Gasteiger partial charge is 0.292 e. The molecule has 0 aliphatic rings. The van der Waals surface area contributed by atoms with Crippen molar-refractivity contribution in [1.82, 2.24) is 14.1 Å². The summed E-state index contributed by atoms with van der Waals surface area (Å²) in [5, 5.41) is 0.736. The van der Waals surface area contributed by atoms with Gasteiger partial charge in [-0.1, -0.05) is 18.2 Å². The Morgan fingerprint density at radius 1 is 1.04 bits per heavy atom. The fraction of sp³-hybridized carbons (Fsp3) is 0.158. The van der Waals surface area contributed by atoms with Crippen LogP contribution in [0.5, 0.6) is 0 Å². The van der Waals surface area contributed by atoms with Crippen LogP contribution in [0.1, 0.15) is 12.5 Å². The van der Waals surface area contributed by atoms with Crippen LogP contribution in [-0.2, 0) is 13.1 Å². The zero-order valence-corrected chi connectivity index (χ0v) is 13.2. The molecule has 0 saturated carbocycles. The number of imidazole rings is 1. The summed E-state index contributed by atoms with van der Waals surface area (Å²) < 4.78 is 17.4. The van der Waals surface area contributed by atoms with E-state index in [4.69, 9.17) is 0 Å². The van der Waals surface area contributed by atoms with Gasteiger partial charge < -0.3 is 0 Å². The molecule has 24 heavy (non-hydrogen) atoms. The molecule has 5 heteroatoms. The summed E-state index contributed by atoms with van der Waals surface area (Å²) in [6.45, 7) is 2.82. The SMILES string of the molecule is CCn1c(=O)n(Cc2cc(F)cc3cccnc23)c2ccccc21. The van der Waals surface area contributed by atoms with Crippen LogP contribution < -0.4 is 5.69 Å². The van der Waals surface area contributed by atoms with Gasteiger partial charge in [-0.15, -0.1) is 0 Å². The van der Waals surface area contributed by atoms with Crippen LogP contribution in [0.25, 0.3) is 21.9 Å². The zero-order valence-electron chi connectivity index (χ0n) is 13.2. The minimum atomic E-state index is -0.322. The van der Waals surface area contributed by atoms with Gasteiger partial charge in [0.2, 0.25) is 0 Å². The quantitative estimate of drug-likeness (QED) is 0.579. The van der Waals surface area contributed by atoms with E-state index in [2.05, 4.69) is 4.98 Å². The molecular formula is C19H16FN3O. The summed E-state index contributed by atoms with van der Waals surface area (Å²) in [4.78, 5) is 17.1. The number of hydrogen-bond donors (Lipinski definition) is 0. The maximum absolute atomic E-state index is 14.0. The summed E-state index contributed by atoms with van der Waals surface area (Å²) in [7, 11) is 0. The Labute approximate surface area is 137 Å². The average molecular weight is 321 g/mol. The number of hydrogen-bond acceptors (Lipinski definition) is 2. The highest BCUT2D eigenvalue weighted by Crippen LogP contribution is 2.21. The van der Waals surface area contributed by atoms with Gasteiger partial charge in [-0.3, -0.25) is 14.1 Å². The predicted molar refractivity (Wildman–Crippen MR) is 92.7 cm³/mol. The molecule has 0 spiro atoms. The normalized spacial score (nSPS) is 11.4. The Kier molecular flexibility index (Phi) is 3.41. The molecule has 2 aromatic heterocycles. The number of nitrogens with zero attached hydrogens (tertiary/aromatic N) is 3. The van der Waals surface area contributed by atoms with Crippen molar-refractivity contribution in [2.24, 2.45) is 0 Å². The number of aromatic nitrogens is 3. The van der Waals surface area contributed by atoms with Crippen LogP contribution >= 0.6 is 0 Å². The van der Waals surface area contributed by atoms with Crippen molar-refractivity contribution in [2.45, 2.75) is 20.0 Å². The number of pyridine rings is 1. The van der Waals surface area contributed by atoms with Crippen molar-refractivity contribution >= 4 is 21.9 Å². The van der Waals surface area contributed by atoms with E-state index in [1.54, 1.807) is 21.4 Å². The first-order valence-electron chi connectivity index (χ1n) is 7.90. The Morgan fingerprint density at radius 3 is 2.54 bits per heavy atom. The Morgan fingerprint density at radius 2 is 1.79 bits per heavy atom. The molecule has 0 atom stereocenters. The van der Waals surface area contributed by atoms with Crippen LogP contribution in [0.15, 0.2) is 59.5 Å². The van der Waals surface area contributed by atoms with Crippen LogP contribution in [0.4, 0.5) is 4.39 Å². The van der Waals surface area contributed by atoms with Crippen molar-refractivity contribution in [2.75, 3.05) is 0 Å². The molecule has 0 saturated heterocycles. The van der Waals surface area contributed by atoms with E-state index in [1.807, 2.05) is 37.3 Å². The van der Waals surface area contributed by atoms with E-state index in [0.29, 0.717) is 12.1 Å². The van der Waals surface area contributed by atoms with Gasteiger partial charge in [0.1, 0.15) is 5.82 Å². The summed E-state index contributed by atoms with van der Waals surface area (Å²) in [6.07, 6.45) is 1.68. The number of aryl methyl sites for hydroxylation is 1. The largest absolute Gasteiger partial charge is 0.329 e.